The first-order chi connectivity index (χ1) is 20.1. The molecule has 2 heterocycles. The molecular weight excluding hydrogens is 573 g/mol. The molecule has 0 N–H and O–H groups in total. The molecule has 220 valence electrons. The second-order valence-corrected chi connectivity index (χ2v) is 10.8. The van der Waals surface area contributed by atoms with Crippen molar-refractivity contribution in [2.45, 2.75) is 56.5 Å². The second kappa shape index (κ2) is 12.5. The molecule has 12 heteroatoms. The lowest BCUT2D eigenvalue weighted by Crippen LogP contribution is -2.51. The van der Waals surface area contributed by atoms with Gasteiger partial charge in [0.05, 0.1) is 0 Å². The minimum absolute atomic E-state index is 0.0309. The highest BCUT2D eigenvalue weighted by Gasteiger charge is 2.46. The van der Waals surface area contributed by atoms with E-state index in [0.717, 1.165) is 15.9 Å². The lowest BCUT2D eigenvalue weighted by molar-refractivity contribution is -0.126. The number of alkyl halides is 2. The Kier molecular flexibility index (Phi) is 8.77. The number of carbonyl (C=O) groups excluding carboxylic acids is 3. The number of ether oxygens (including phenoxy) is 1. The van der Waals surface area contributed by atoms with Gasteiger partial charge in [0.25, 0.3) is 5.91 Å². The van der Waals surface area contributed by atoms with Gasteiger partial charge in [0.1, 0.15) is 18.5 Å². The summed E-state index contributed by atoms with van der Waals surface area (Å²) < 4.78 is 47.2. The number of hydrogen-bond acceptors (Lipinski definition) is 6. The van der Waals surface area contributed by atoms with Crippen molar-refractivity contribution in [3.05, 3.63) is 83.4 Å². The summed E-state index contributed by atoms with van der Waals surface area (Å²) in [5.41, 5.74) is 0.355. The first-order valence-electron chi connectivity index (χ1n) is 13.6. The average molecular weight is 601 g/mol. The highest BCUT2D eigenvalue weighted by Crippen LogP contribution is 2.40. The summed E-state index contributed by atoms with van der Waals surface area (Å²) in [6.45, 7) is -0.360. The number of aromatic nitrogens is 2. The first-order valence-corrected chi connectivity index (χ1v) is 14.0. The van der Waals surface area contributed by atoms with E-state index >= 15 is 0 Å². The number of carbonyl (C=O) groups is 3. The Morgan fingerprint density at radius 1 is 1.07 bits per heavy atom. The van der Waals surface area contributed by atoms with Gasteiger partial charge in [-0.1, -0.05) is 35.9 Å². The SMILES string of the molecule is O=C(CCC1CCC(F)(F)CC1)[C@H](c1ccccc1Cl)N(C(=O)[C@@H]1COC(=O)N1c1ncccn1)c1cccc(F)c1. The van der Waals surface area contributed by atoms with Crippen LogP contribution in [0.15, 0.2) is 67.0 Å². The van der Waals surface area contributed by atoms with Crippen LogP contribution in [0.3, 0.4) is 0 Å². The third-order valence-electron chi connectivity index (χ3n) is 7.65. The van der Waals surface area contributed by atoms with Gasteiger partial charge in [-0.2, -0.15) is 0 Å². The van der Waals surface area contributed by atoms with Crippen LogP contribution in [0, 0.1) is 11.7 Å². The summed E-state index contributed by atoms with van der Waals surface area (Å²) in [5.74, 6) is -4.66. The molecule has 0 spiro atoms. The molecule has 8 nitrogen and oxygen atoms in total. The maximum atomic E-state index is 14.6. The van der Waals surface area contributed by atoms with E-state index < -0.39 is 41.6 Å². The lowest BCUT2D eigenvalue weighted by Gasteiger charge is -2.35. The number of amides is 2. The predicted molar refractivity (Wildman–Crippen MR) is 149 cm³/mol. The number of ketones is 1. The van der Waals surface area contributed by atoms with Crippen LogP contribution in [-0.2, 0) is 14.3 Å². The lowest BCUT2D eigenvalue weighted by atomic mass is 9.83. The summed E-state index contributed by atoms with van der Waals surface area (Å²) >= 11 is 6.56. The highest BCUT2D eigenvalue weighted by molar-refractivity contribution is 6.31. The third kappa shape index (κ3) is 6.41. The van der Waals surface area contributed by atoms with Crippen molar-refractivity contribution in [1.82, 2.24) is 9.97 Å². The third-order valence-corrected chi connectivity index (χ3v) is 7.99. The maximum Gasteiger partial charge on any atom is 0.417 e. The number of hydrogen-bond donors (Lipinski definition) is 0. The van der Waals surface area contributed by atoms with Crippen LogP contribution in [0.5, 0.6) is 0 Å². The van der Waals surface area contributed by atoms with Gasteiger partial charge in [-0.15, -0.1) is 0 Å². The molecule has 1 aromatic heterocycles. The molecule has 1 saturated heterocycles. The van der Waals surface area contributed by atoms with Gasteiger partial charge in [0, 0.05) is 47.9 Å². The summed E-state index contributed by atoms with van der Waals surface area (Å²) in [6.07, 6.45) is 2.37. The van der Waals surface area contributed by atoms with Crippen molar-refractivity contribution in [2.24, 2.45) is 5.92 Å². The van der Waals surface area contributed by atoms with Gasteiger partial charge in [-0.3, -0.25) is 14.5 Å². The van der Waals surface area contributed by atoms with E-state index in [0.29, 0.717) is 12.0 Å². The zero-order valence-electron chi connectivity index (χ0n) is 22.5. The fourth-order valence-electron chi connectivity index (χ4n) is 5.46. The first kappa shape index (κ1) is 29.5. The van der Waals surface area contributed by atoms with Gasteiger partial charge in [0.2, 0.25) is 11.9 Å². The topological polar surface area (TPSA) is 92.7 Å². The zero-order valence-corrected chi connectivity index (χ0v) is 23.2. The van der Waals surface area contributed by atoms with E-state index in [1.807, 2.05) is 0 Å². The Morgan fingerprint density at radius 2 is 1.79 bits per heavy atom. The molecule has 0 radical (unpaired) electrons. The van der Waals surface area contributed by atoms with Crippen LogP contribution in [0.4, 0.5) is 29.6 Å². The summed E-state index contributed by atoms with van der Waals surface area (Å²) in [6, 6.07) is 10.6. The number of nitrogens with zero attached hydrogens (tertiary/aromatic N) is 4. The van der Waals surface area contributed by atoms with Crippen molar-refractivity contribution in [3.63, 3.8) is 0 Å². The summed E-state index contributed by atoms with van der Waals surface area (Å²) in [5, 5.41) is 0.198. The zero-order chi connectivity index (χ0) is 29.9. The number of cyclic esters (lactones) is 1. The van der Waals surface area contributed by atoms with Gasteiger partial charge in [0.15, 0.2) is 11.8 Å². The minimum Gasteiger partial charge on any atom is -0.446 e. The number of Topliss-reactive ketones (excluding diaryl/α,β-unsaturated/α-hetero) is 1. The Morgan fingerprint density at radius 3 is 2.48 bits per heavy atom. The van der Waals surface area contributed by atoms with Crippen molar-refractivity contribution in [3.8, 4) is 0 Å². The van der Waals surface area contributed by atoms with Crippen molar-refractivity contribution in [2.75, 3.05) is 16.4 Å². The van der Waals surface area contributed by atoms with Crippen LogP contribution in [-0.4, -0.2) is 46.3 Å². The number of rotatable bonds is 9. The van der Waals surface area contributed by atoms with Crippen LogP contribution >= 0.6 is 11.6 Å². The molecule has 5 rings (SSSR count). The number of anilines is 2. The minimum atomic E-state index is -2.70. The standard InChI is InChI=1S/C30H28ClF3N4O4/c31-23-8-2-1-7-22(23)26(25(39)10-9-19-11-13-30(33,34)14-12-19)37(21-6-3-5-20(32)17-21)27(40)24-18-42-29(41)38(24)28-35-15-4-16-36-28/h1-8,15-17,19,24,26H,9-14,18H2/t24-,26-/m0/s1. The monoisotopic (exact) mass is 600 g/mol. The van der Waals surface area contributed by atoms with E-state index in [9.17, 15) is 27.6 Å². The van der Waals surface area contributed by atoms with E-state index in [1.54, 1.807) is 30.3 Å². The molecule has 2 aromatic carbocycles. The molecule has 2 fully saturated rings. The Labute approximate surface area is 245 Å². The van der Waals surface area contributed by atoms with Crippen molar-refractivity contribution in [1.29, 1.82) is 0 Å². The molecule has 1 saturated carbocycles. The summed E-state index contributed by atoms with van der Waals surface area (Å²) in [7, 11) is 0. The van der Waals surface area contributed by atoms with Gasteiger partial charge >= 0.3 is 6.09 Å². The maximum absolute atomic E-state index is 14.6. The normalized spacial score (nSPS) is 19.3. The number of halogens is 4. The molecular formula is C30H28ClF3N4O4. The molecule has 2 amide bonds. The molecule has 1 aliphatic heterocycles. The van der Waals surface area contributed by atoms with E-state index in [4.69, 9.17) is 16.3 Å². The molecule has 0 bridgehead atoms. The van der Waals surface area contributed by atoms with Crippen LogP contribution < -0.4 is 9.80 Å². The second-order valence-electron chi connectivity index (χ2n) is 10.4. The van der Waals surface area contributed by atoms with Gasteiger partial charge < -0.3 is 4.74 Å². The highest BCUT2D eigenvalue weighted by atomic mass is 35.5. The van der Waals surface area contributed by atoms with E-state index in [2.05, 4.69) is 9.97 Å². The quantitative estimate of drug-likeness (QED) is 0.277. The van der Waals surface area contributed by atoms with Crippen LogP contribution in [0.25, 0.3) is 0 Å². The fraction of sp³-hybridized carbons (Fsp3) is 0.367. The predicted octanol–water partition coefficient (Wildman–Crippen LogP) is 6.54. The molecule has 0 unspecified atom stereocenters. The Balaban J connectivity index is 1.53. The van der Waals surface area contributed by atoms with Crippen molar-refractivity contribution >= 4 is 41.0 Å². The largest absolute Gasteiger partial charge is 0.446 e. The molecule has 2 atom stereocenters. The van der Waals surface area contributed by atoms with Crippen LogP contribution in [0.2, 0.25) is 5.02 Å². The van der Waals surface area contributed by atoms with Crippen LogP contribution in [0.1, 0.15) is 50.1 Å². The Bertz CT molecular complexity index is 1450. The fourth-order valence-corrected chi connectivity index (χ4v) is 5.69. The summed E-state index contributed by atoms with van der Waals surface area (Å²) in [4.78, 5) is 51.4. The molecule has 42 heavy (non-hydrogen) atoms. The van der Waals surface area contributed by atoms with Gasteiger partial charge in [-0.05, 0) is 55.5 Å². The van der Waals surface area contributed by atoms with E-state index in [-0.39, 0.29) is 61.3 Å². The molecule has 1 aliphatic carbocycles. The Hall–Kier alpha value is -3.99. The van der Waals surface area contributed by atoms with E-state index in [1.165, 1.54) is 30.6 Å². The molecule has 3 aromatic rings. The smallest absolute Gasteiger partial charge is 0.417 e. The molecule has 2 aliphatic rings. The van der Waals surface area contributed by atoms with Crippen molar-refractivity contribution < 1.29 is 32.3 Å². The average Bonchev–Trinajstić information content (AvgIpc) is 3.37. The number of benzene rings is 2. The van der Waals surface area contributed by atoms with Gasteiger partial charge in [-0.25, -0.2) is 32.8 Å².